The monoisotopic (exact) mass is 408 g/mol. The minimum Gasteiger partial charge on any atom is -0.351 e. The minimum atomic E-state index is -0.285. The standard InChI is InChI=1S/C16H16N4O3S3/c1-9-7-25-16(23)20(9)6-14(22)19-15-18-12(8-24-15)13-4-3-11(26-13)5-17-10(2)21/h3-4,7-8H,5-6H2,1-2H3,(H,17,21)(H,18,19,22). The van der Waals surface area contributed by atoms with Crippen LogP contribution in [0.15, 0.2) is 27.7 Å². The highest BCUT2D eigenvalue weighted by molar-refractivity contribution is 7.17. The van der Waals surface area contributed by atoms with Crippen LogP contribution in [-0.2, 0) is 22.7 Å². The van der Waals surface area contributed by atoms with Crippen LogP contribution in [0.3, 0.4) is 0 Å². The first-order chi connectivity index (χ1) is 12.4. The van der Waals surface area contributed by atoms with Crippen LogP contribution in [0.1, 0.15) is 17.5 Å². The van der Waals surface area contributed by atoms with E-state index in [1.807, 2.05) is 17.5 Å². The Morgan fingerprint density at radius 1 is 1.23 bits per heavy atom. The van der Waals surface area contributed by atoms with Crippen molar-refractivity contribution in [3.05, 3.63) is 43.1 Å². The number of carbonyl (C=O) groups excluding carboxylic acids is 2. The Bertz CT molecular complexity index is 998. The fourth-order valence-corrected chi connectivity index (χ4v) is 4.61. The predicted octanol–water partition coefficient (Wildman–Crippen LogP) is 2.68. The lowest BCUT2D eigenvalue weighted by Crippen LogP contribution is -2.25. The molecule has 0 atom stereocenters. The van der Waals surface area contributed by atoms with Gasteiger partial charge in [-0.1, -0.05) is 11.3 Å². The number of rotatable bonds is 6. The van der Waals surface area contributed by atoms with E-state index in [0.717, 1.165) is 32.5 Å². The van der Waals surface area contributed by atoms with Gasteiger partial charge in [0, 0.05) is 28.3 Å². The third-order valence-corrected chi connectivity index (χ3v) is 6.20. The Balaban J connectivity index is 1.63. The lowest BCUT2D eigenvalue weighted by Gasteiger charge is -2.03. The summed E-state index contributed by atoms with van der Waals surface area (Å²) < 4.78 is 1.43. The molecule has 0 fully saturated rings. The molecule has 0 aliphatic rings. The summed E-state index contributed by atoms with van der Waals surface area (Å²) in [5, 5.41) is 9.57. The van der Waals surface area contributed by atoms with Crippen LogP contribution in [0.25, 0.3) is 10.6 Å². The molecule has 0 unspecified atom stereocenters. The van der Waals surface area contributed by atoms with E-state index in [-0.39, 0.29) is 23.2 Å². The Morgan fingerprint density at radius 3 is 2.73 bits per heavy atom. The number of carbonyl (C=O) groups is 2. The first-order valence-electron chi connectivity index (χ1n) is 7.66. The van der Waals surface area contributed by atoms with Crippen LogP contribution in [0.4, 0.5) is 5.13 Å². The average Bonchev–Trinajstić information content (AvgIpc) is 3.30. The lowest BCUT2D eigenvalue weighted by atomic mass is 10.3. The van der Waals surface area contributed by atoms with E-state index in [9.17, 15) is 14.4 Å². The van der Waals surface area contributed by atoms with Crippen molar-refractivity contribution in [3.8, 4) is 10.6 Å². The molecule has 3 rings (SSSR count). The number of anilines is 1. The van der Waals surface area contributed by atoms with Crippen molar-refractivity contribution in [1.82, 2.24) is 14.9 Å². The molecule has 0 aliphatic carbocycles. The summed E-state index contributed by atoms with van der Waals surface area (Å²) >= 11 is 3.95. The van der Waals surface area contributed by atoms with Crippen LogP contribution in [0.5, 0.6) is 0 Å². The smallest absolute Gasteiger partial charge is 0.307 e. The third kappa shape index (κ3) is 4.45. The van der Waals surface area contributed by atoms with Gasteiger partial charge in [0.05, 0.1) is 17.1 Å². The van der Waals surface area contributed by atoms with Crippen molar-refractivity contribution in [1.29, 1.82) is 0 Å². The normalized spacial score (nSPS) is 10.7. The molecule has 2 amide bonds. The van der Waals surface area contributed by atoms with Gasteiger partial charge in [0.1, 0.15) is 6.54 Å². The minimum absolute atomic E-state index is 0.0249. The molecule has 0 saturated heterocycles. The largest absolute Gasteiger partial charge is 0.351 e. The molecule has 136 valence electrons. The zero-order chi connectivity index (χ0) is 18.7. The fourth-order valence-electron chi connectivity index (χ4n) is 2.17. The van der Waals surface area contributed by atoms with E-state index in [1.54, 1.807) is 23.6 Å². The van der Waals surface area contributed by atoms with Gasteiger partial charge < -0.3 is 10.6 Å². The molecular formula is C16H16N4O3S3. The highest BCUT2D eigenvalue weighted by Crippen LogP contribution is 2.30. The van der Waals surface area contributed by atoms with Gasteiger partial charge in [0.15, 0.2) is 5.13 Å². The van der Waals surface area contributed by atoms with E-state index >= 15 is 0 Å². The van der Waals surface area contributed by atoms with Crippen molar-refractivity contribution < 1.29 is 9.59 Å². The van der Waals surface area contributed by atoms with Gasteiger partial charge in [0.25, 0.3) is 0 Å². The van der Waals surface area contributed by atoms with Crippen molar-refractivity contribution in [2.75, 3.05) is 5.32 Å². The number of hydrogen-bond donors (Lipinski definition) is 2. The summed E-state index contributed by atoms with van der Waals surface area (Å²) in [7, 11) is 0. The van der Waals surface area contributed by atoms with Gasteiger partial charge >= 0.3 is 4.87 Å². The SMILES string of the molecule is CC(=O)NCc1ccc(-c2csc(NC(=O)Cn3c(C)csc3=O)n2)s1. The maximum Gasteiger partial charge on any atom is 0.307 e. The Labute approximate surface area is 161 Å². The van der Waals surface area contributed by atoms with Gasteiger partial charge in [-0.15, -0.1) is 22.7 Å². The number of hydrogen-bond acceptors (Lipinski definition) is 7. The average molecular weight is 409 g/mol. The maximum absolute atomic E-state index is 12.1. The van der Waals surface area contributed by atoms with Gasteiger partial charge in [-0.3, -0.25) is 19.0 Å². The quantitative estimate of drug-likeness (QED) is 0.656. The molecule has 0 radical (unpaired) electrons. The van der Waals surface area contributed by atoms with E-state index in [1.165, 1.54) is 22.8 Å². The maximum atomic E-state index is 12.1. The molecule has 3 aromatic heterocycles. The number of aromatic nitrogens is 2. The first kappa shape index (κ1) is 18.5. The summed E-state index contributed by atoms with van der Waals surface area (Å²) in [4.78, 5) is 41.1. The van der Waals surface area contributed by atoms with Crippen molar-refractivity contribution in [2.24, 2.45) is 0 Å². The summed E-state index contributed by atoms with van der Waals surface area (Å²) in [6, 6.07) is 3.88. The number of thiazole rings is 2. The highest BCUT2D eigenvalue weighted by Gasteiger charge is 2.12. The number of thiophene rings is 1. The van der Waals surface area contributed by atoms with Gasteiger partial charge in [0.2, 0.25) is 11.8 Å². The summed E-state index contributed by atoms with van der Waals surface area (Å²) in [5.41, 5.74) is 1.54. The number of nitrogens with zero attached hydrogens (tertiary/aromatic N) is 2. The summed E-state index contributed by atoms with van der Waals surface area (Å²) in [5.74, 6) is -0.356. The van der Waals surface area contributed by atoms with Gasteiger partial charge in [-0.05, 0) is 19.1 Å². The number of aryl methyl sites for hydroxylation is 1. The van der Waals surface area contributed by atoms with Crippen molar-refractivity contribution in [2.45, 2.75) is 26.9 Å². The van der Waals surface area contributed by atoms with Crippen molar-refractivity contribution >= 4 is 51.0 Å². The first-order valence-corrected chi connectivity index (χ1v) is 10.2. The molecule has 0 saturated carbocycles. The molecule has 0 aliphatic heterocycles. The summed E-state index contributed by atoms with van der Waals surface area (Å²) in [6.45, 7) is 3.74. The van der Waals surface area contributed by atoms with Crippen LogP contribution < -0.4 is 15.5 Å². The van der Waals surface area contributed by atoms with Crippen LogP contribution in [-0.4, -0.2) is 21.4 Å². The molecule has 0 spiro atoms. The molecule has 10 heteroatoms. The topological polar surface area (TPSA) is 93.1 Å². The highest BCUT2D eigenvalue weighted by atomic mass is 32.1. The second-order valence-electron chi connectivity index (χ2n) is 5.49. The predicted molar refractivity (Wildman–Crippen MR) is 105 cm³/mol. The van der Waals surface area contributed by atoms with Gasteiger partial charge in [-0.25, -0.2) is 4.98 Å². The second kappa shape index (κ2) is 7.94. The van der Waals surface area contributed by atoms with Crippen LogP contribution in [0, 0.1) is 6.92 Å². The Kier molecular flexibility index (Phi) is 5.64. The Morgan fingerprint density at radius 2 is 2.04 bits per heavy atom. The zero-order valence-electron chi connectivity index (χ0n) is 14.1. The van der Waals surface area contributed by atoms with E-state index in [0.29, 0.717) is 11.7 Å². The van der Waals surface area contributed by atoms with Crippen LogP contribution >= 0.6 is 34.0 Å². The second-order valence-corrected chi connectivity index (χ2v) is 8.34. The molecule has 0 aromatic carbocycles. The van der Waals surface area contributed by atoms with Crippen molar-refractivity contribution in [3.63, 3.8) is 0 Å². The fraction of sp³-hybridized carbons (Fsp3) is 0.250. The summed E-state index contributed by atoms with van der Waals surface area (Å²) in [6.07, 6.45) is 0. The molecule has 3 aromatic rings. The Hall–Kier alpha value is -2.30. The molecule has 3 heterocycles. The number of amides is 2. The number of nitrogens with one attached hydrogen (secondary N) is 2. The lowest BCUT2D eigenvalue weighted by molar-refractivity contribution is -0.119. The van der Waals surface area contributed by atoms with E-state index in [2.05, 4.69) is 15.6 Å². The van der Waals surface area contributed by atoms with E-state index in [4.69, 9.17) is 0 Å². The third-order valence-electron chi connectivity index (χ3n) is 3.45. The molecule has 7 nitrogen and oxygen atoms in total. The van der Waals surface area contributed by atoms with Crippen LogP contribution in [0.2, 0.25) is 0 Å². The molecule has 0 bridgehead atoms. The molecule has 26 heavy (non-hydrogen) atoms. The van der Waals surface area contributed by atoms with Gasteiger partial charge in [-0.2, -0.15) is 0 Å². The zero-order valence-corrected chi connectivity index (χ0v) is 16.5. The molecular weight excluding hydrogens is 392 g/mol. The van der Waals surface area contributed by atoms with E-state index < -0.39 is 0 Å². The molecule has 2 N–H and O–H groups in total.